The number of nitrogens with zero attached hydrogens (tertiary/aromatic N) is 3. The Morgan fingerprint density at radius 2 is 1.72 bits per heavy atom. The lowest BCUT2D eigenvalue weighted by atomic mass is 9.52. The highest BCUT2D eigenvalue weighted by Crippen LogP contribution is 2.55. The van der Waals surface area contributed by atoms with Gasteiger partial charge in [0.15, 0.2) is 40.4 Å². The summed E-state index contributed by atoms with van der Waals surface area (Å²) in [6, 6.07) is -1.20. The summed E-state index contributed by atoms with van der Waals surface area (Å²) in [6.07, 6.45) is 2.71. The molecular weight excluding hydrogens is 618 g/mol. The quantitative estimate of drug-likeness (QED) is 0.234. The van der Waals surface area contributed by atoms with Crippen LogP contribution in [0.1, 0.15) is 48.5 Å². The van der Waals surface area contributed by atoms with Crippen LogP contribution < -0.4 is 16.0 Å². The van der Waals surface area contributed by atoms with Crippen molar-refractivity contribution < 1.29 is 39.0 Å². The highest BCUT2D eigenvalue weighted by Gasteiger charge is 2.69. The van der Waals surface area contributed by atoms with Crippen LogP contribution in [0.3, 0.4) is 0 Å². The highest BCUT2D eigenvalue weighted by molar-refractivity contribution is 6.38. The van der Waals surface area contributed by atoms with Gasteiger partial charge in [0, 0.05) is 33.1 Å². The first-order valence-electron chi connectivity index (χ1n) is 15.6. The molecule has 4 aliphatic carbocycles. The average molecular weight is 658 g/mol. The fraction of sp³-hybridized carbons (Fsp3) is 0.625. The first kappa shape index (κ1) is 32.5. The number of hydrogen-bond donors (Lipinski definition) is 4. The molecule has 0 bridgehead atoms. The molecule has 13 nitrogen and oxygen atoms in total. The number of anilines is 2. The number of amides is 2. The molecule has 5 aliphatic rings. The Hall–Kier alpha value is -3.39. The topological polar surface area (TPSA) is 191 Å². The van der Waals surface area contributed by atoms with Crippen LogP contribution in [-0.2, 0) is 30.4 Å². The van der Waals surface area contributed by atoms with Gasteiger partial charge in [-0.2, -0.15) is 0 Å². The molecule has 2 amide bonds. The predicted octanol–water partition coefficient (Wildman–Crippen LogP) is 0.399. The fourth-order valence-corrected chi connectivity index (χ4v) is 8.94. The number of nitrogens with two attached hydrogens (primary N) is 1. The molecule has 14 heteroatoms. The number of carbonyl (C=O) groups excluding carboxylic acids is 6. The molecule has 5 unspecified atom stereocenters. The van der Waals surface area contributed by atoms with Gasteiger partial charge in [-0.15, -0.1) is 0 Å². The minimum absolute atomic E-state index is 0.0275. The molecule has 1 aliphatic heterocycles. The summed E-state index contributed by atoms with van der Waals surface area (Å²) in [7, 11) is 6.46. The van der Waals surface area contributed by atoms with Gasteiger partial charge in [0.25, 0.3) is 0 Å². The van der Waals surface area contributed by atoms with E-state index in [-0.39, 0.29) is 40.9 Å². The van der Waals surface area contributed by atoms with Crippen LogP contribution >= 0.6 is 11.6 Å². The molecule has 0 spiro atoms. The molecule has 0 radical (unpaired) electrons. The van der Waals surface area contributed by atoms with Crippen molar-refractivity contribution in [2.24, 2.45) is 35.3 Å². The van der Waals surface area contributed by atoms with Crippen molar-refractivity contribution in [2.45, 2.75) is 56.2 Å². The molecule has 3 saturated carbocycles. The summed E-state index contributed by atoms with van der Waals surface area (Å²) >= 11 is 6.91. The van der Waals surface area contributed by atoms with Gasteiger partial charge in [0.05, 0.1) is 28.2 Å². The third-order valence-corrected chi connectivity index (χ3v) is 11.5. The second-order valence-corrected chi connectivity index (χ2v) is 14.5. The molecule has 1 aromatic carbocycles. The third-order valence-electron chi connectivity index (χ3n) is 11.2. The van der Waals surface area contributed by atoms with E-state index < -0.39 is 75.6 Å². The predicted molar refractivity (Wildman–Crippen MR) is 167 cm³/mol. The lowest BCUT2D eigenvalue weighted by Crippen LogP contribution is -2.74. The minimum Gasteiger partial charge on any atom is -0.505 e. The Morgan fingerprint density at radius 3 is 2.22 bits per heavy atom. The van der Waals surface area contributed by atoms with E-state index in [4.69, 9.17) is 17.3 Å². The van der Waals surface area contributed by atoms with E-state index >= 15 is 0 Å². The average Bonchev–Trinajstić information content (AvgIpc) is 3.77. The standard InChI is InChI=1S/C32H40ClN5O8/c1-31(14-7-8-14,38-9-6-10-38)30(45)35-21-20(33)22(36(2)3)15-11-13-12-16-23(37(4)5)26(41)19(29(34)44)28(43)32(16,46)27(42)17(13)24(39)18(15)25(21)40/h13-14,16-17,19,23,40,46H,6-12H2,1-5H3,(H2,34,44)(H,35,45)/t13?,16?,17?,19?,23-,31?,32-/m0/s1. The number of rotatable bonds is 7. The second kappa shape index (κ2) is 10.8. The normalized spacial score (nSPS) is 32.2. The number of primary amides is 1. The Morgan fingerprint density at radius 1 is 1.09 bits per heavy atom. The number of halogens is 1. The summed E-state index contributed by atoms with van der Waals surface area (Å²) in [4.78, 5) is 86.8. The van der Waals surface area contributed by atoms with E-state index in [1.165, 1.54) is 19.0 Å². The van der Waals surface area contributed by atoms with Crippen LogP contribution in [-0.4, -0.2) is 113 Å². The van der Waals surface area contributed by atoms with Gasteiger partial charge in [-0.05, 0) is 70.5 Å². The van der Waals surface area contributed by atoms with Crippen LogP contribution in [0.2, 0.25) is 5.02 Å². The van der Waals surface area contributed by atoms with Crippen molar-refractivity contribution in [3.8, 4) is 5.75 Å². The maximum Gasteiger partial charge on any atom is 0.245 e. The summed E-state index contributed by atoms with van der Waals surface area (Å²) in [5, 5.41) is 26.4. The van der Waals surface area contributed by atoms with Crippen LogP contribution in [0.15, 0.2) is 0 Å². The zero-order valence-electron chi connectivity index (χ0n) is 26.6. The number of ketones is 4. The van der Waals surface area contributed by atoms with E-state index in [9.17, 15) is 39.0 Å². The van der Waals surface area contributed by atoms with Crippen LogP contribution in [0, 0.1) is 29.6 Å². The lowest BCUT2D eigenvalue weighted by Gasteiger charge is -2.52. The lowest BCUT2D eigenvalue weighted by molar-refractivity contribution is -0.181. The first-order chi connectivity index (χ1) is 21.5. The number of nitrogens with one attached hydrogen (secondary N) is 1. The Kier molecular flexibility index (Phi) is 7.66. The van der Waals surface area contributed by atoms with Gasteiger partial charge in [-0.1, -0.05) is 11.6 Å². The molecule has 7 atom stereocenters. The zero-order chi connectivity index (χ0) is 33.8. The molecule has 0 aromatic heterocycles. The monoisotopic (exact) mass is 657 g/mol. The summed E-state index contributed by atoms with van der Waals surface area (Å²) in [6.45, 7) is 3.39. The van der Waals surface area contributed by atoms with Gasteiger partial charge in [-0.25, -0.2) is 0 Å². The number of benzene rings is 1. The number of phenols is 1. The van der Waals surface area contributed by atoms with E-state index in [0.717, 1.165) is 32.4 Å². The first-order valence-corrected chi connectivity index (χ1v) is 16.0. The van der Waals surface area contributed by atoms with Crippen molar-refractivity contribution in [1.29, 1.82) is 0 Å². The number of aliphatic hydroxyl groups is 1. The maximum atomic E-state index is 14.3. The Bertz CT molecular complexity index is 1600. The fourth-order valence-electron chi connectivity index (χ4n) is 8.52. The van der Waals surface area contributed by atoms with Crippen molar-refractivity contribution in [2.75, 3.05) is 51.5 Å². The van der Waals surface area contributed by atoms with Crippen molar-refractivity contribution >= 4 is 57.9 Å². The molecule has 248 valence electrons. The van der Waals surface area contributed by atoms with Crippen molar-refractivity contribution in [3.05, 3.63) is 16.1 Å². The number of aromatic hydroxyl groups is 1. The minimum atomic E-state index is -2.83. The van der Waals surface area contributed by atoms with Gasteiger partial charge in [0.2, 0.25) is 11.8 Å². The molecule has 4 fully saturated rings. The van der Waals surface area contributed by atoms with Crippen molar-refractivity contribution in [1.82, 2.24) is 9.80 Å². The van der Waals surface area contributed by atoms with Crippen LogP contribution in [0.5, 0.6) is 5.75 Å². The van der Waals surface area contributed by atoms with Crippen LogP contribution in [0.25, 0.3) is 0 Å². The smallest absolute Gasteiger partial charge is 0.245 e. The Balaban J connectivity index is 1.45. The van der Waals surface area contributed by atoms with Crippen LogP contribution in [0.4, 0.5) is 11.4 Å². The molecule has 5 N–H and O–H groups in total. The van der Waals surface area contributed by atoms with E-state index in [1.54, 1.807) is 19.0 Å². The SMILES string of the molecule is CN(C)c1c(Cl)c(NC(=O)C(C)(C2CC2)N2CCC2)c(O)c2c1CC1CC3[C@H](N(C)C)C(=O)C(C(N)=O)C(=O)[C@@]3(O)C(=O)C1C2=O. The molecule has 1 aromatic rings. The second-order valence-electron chi connectivity index (χ2n) is 14.1. The number of fused-ring (bicyclic) bond motifs is 3. The number of likely N-dealkylation sites (tertiary alicyclic amines) is 1. The maximum absolute atomic E-state index is 14.3. The van der Waals surface area contributed by atoms with E-state index in [2.05, 4.69) is 10.2 Å². The summed E-state index contributed by atoms with van der Waals surface area (Å²) in [5.74, 6) is -11.9. The molecule has 6 rings (SSSR count). The molecule has 46 heavy (non-hydrogen) atoms. The molecule has 1 saturated heterocycles. The third kappa shape index (κ3) is 4.31. The molecular formula is C32H40ClN5O8. The van der Waals surface area contributed by atoms with Gasteiger partial charge >= 0.3 is 0 Å². The molecule has 1 heterocycles. The summed E-state index contributed by atoms with van der Waals surface area (Å²) in [5.41, 5.74) is 2.07. The summed E-state index contributed by atoms with van der Waals surface area (Å²) < 4.78 is 0. The van der Waals surface area contributed by atoms with E-state index in [1.807, 2.05) is 6.92 Å². The van der Waals surface area contributed by atoms with E-state index in [0.29, 0.717) is 11.3 Å². The largest absolute Gasteiger partial charge is 0.505 e. The number of likely N-dealkylation sites (N-methyl/N-ethyl adjacent to an activating group) is 1. The highest BCUT2D eigenvalue weighted by atomic mass is 35.5. The van der Waals surface area contributed by atoms with Gasteiger partial charge < -0.3 is 26.2 Å². The zero-order valence-corrected chi connectivity index (χ0v) is 27.3. The van der Waals surface area contributed by atoms with Gasteiger partial charge in [-0.3, -0.25) is 38.6 Å². The van der Waals surface area contributed by atoms with Gasteiger partial charge in [0.1, 0.15) is 11.2 Å². The Labute approximate surface area is 271 Å². The number of Topliss-reactive ketones (excluding diaryl/α,β-unsaturated/α-hetero) is 4. The number of hydrogen-bond acceptors (Lipinski definition) is 11. The van der Waals surface area contributed by atoms with Crippen molar-refractivity contribution in [3.63, 3.8) is 0 Å². The number of phenolic OH excluding ortho intramolecular Hbond substituents is 1. The number of carbonyl (C=O) groups is 6.